The molecule has 9 heteroatoms. The smallest absolute Gasteiger partial charge is 0.339 e. The van der Waals surface area contributed by atoms with E-state index in [4.69, 9.17) is 14.4 Å². The molecule has 3 aromatic heterocycles. The maximum Gasteiger partial charge on any atom is 0.339 e. The van der Waals surface area contributed by atoms with Gasteiger partial charge in [-0.3, -0.25) is 4.79 Å². The Balaban J connectivity index is 1.66. The lowest BCUT2D eigenvalue weighted by Crippen LogP contribution is -2.40. The Morgan fingerprint density at radius 2 is 1.94 bits per heavy atom. The predicted octanol–water partition coefficient (Wildman–Crippen LogP) is 4.76. The zero-order chi connectivity index (χ0) is 24.9. The molecule has 0 radical (unpaired) electrons. The van der Waals surface area contributed by atoms with Crippen LogP contribution in [0.4, 0.5) is 5.69 Å². The fourth-order valence-electron chi connectivity index (χ4n) is 3.75. The minimum absolute atomic E-state index is 0.00999. The van der Waals surface area contributed by atoms with Crippen molar-refractivity contribution in [1.82, 2.24) is 14.8 Å². The second-order valence-corrected chi connectivity index (χ2v) is 8.23. The van der Waals surface area contributed by atoms with E-state index in [1.807, 2.05) is 19.9 Å². The van der Waals surface area contributed by atoms with Crippen LogP contribution < -0.4 is 4.90 Å². The molecular weight excluding hydrogens is 446 g/mol. The lowest BCUT2D eigenvalue weighted by molar-refractivity contribution is -0.126. The van der Waals surface area contributed by atoms with E-state index >= 15 is 0 Å². The highest BCUT2D eigenvalue weighted by atomic mass is 16.5. The Labute approximate surface area is 202 Å². The number of rotatable bonds is 8. The highest BCUT2D eigenvalue weighted by Gasteiger charge is 2.27. The highest BCUT2D eigenvalue weighted by molar-refractivity contribution is 6.05. The molecule has 35 heavy (non-hydrogen) atoms. The Hall–Kier alpha value is -4.45. The molecule has 0 N–H and O–H groups in total. The molecule has 0 saturated carbocycles. The summed E-state index contributed by atoms with van der Waals surface area (Å²) in [5, 5.41) is 13.9. The molecule has 0 aliphatic heterocycles. The summed E-state index contributed by atoms with van der Waals surface area (Å²) in [5.74, 6) is -0.606. The van der Waals surface area contributed by atoms with Gasteiger partial charge in [-0.15, -0.1) is 0 Å². The Morgan fingerprint density at radius 3 is 2.60 bits per heavy atom. The SMILES string of the molecule is CC(OC(=O)c1cc(-c2ccco2)nc2c1cnn2C(C)C)C(=O)N(CCC#N)c1ccccc1. The van der Waals surface area contributed by atoms with Gasteiger partial charge in [0.1, 0.15) is 5.69 Å². The second-order valence-electron chi connectivity index (χ2n) is 8.23. The van der Waals surface area contributed by atoms with Crippen LogP contribution >= 0.6 is 0 Å². The van der Waals surface area contributed by atoms with E-state index in [1.54, 1.807) is 53.3 Å². The van der Waals surface area contributed by atoms with Crippen molar-refractivity contribution >= 4 is 28.6 Å². The van der Waals surface area contributed by atoms with Gasteiger partial charge in [0.2, 0.25) is 0 Å². The Bertz CT molecular complexity index is 1370. The van der Waals surface area contributed by atoms with Gasteiger partial charge >= 0.3 is 5.97 Å². The van der Waals surface area contributed by atoms with Gasteiger partial charge in [0.15, 0.2) is 17.5 Å². The maximum atomic E-state index is 13.3. The van der Waals surface area contributed by atoms with Crippen LogP contribution in [-0.4, -0.2) is 39.3 Å². The first-order valence-electron chi connectivity index (χ1n) is 11.3. The highest BCUT2D eigenvalue weighted by Crippen LogP contribution is 2.27. The lowest BCUT2D eigenvalue weighted by atomic mass is 10.1. The normalized spacial score (nSPS) is 11.9. The number of carbonyl (C=O) groups excluding carboxylic acids is 2. The van der Waals surface area contributed by atoms with Crippen LogP contribution in [0.5, 0.6) is 0 Å². The van der Waals surface area contributed by atoms with Gasteiger partial charge in [-0.05, 0) is 51.1 Å². The van der Waals surface area contributed by atoms with Crippen LogP contribution in [-0.2, 0) is 9.53 Å². The summed E-state index contributed by atoms with van der Waals surface area (Å²) < 4.78 is 12.8. The lowest BCUT2D eigenvalue weighted by Gasteiger charge is -2.25. The molecule has 178 valence electrons. The number of benzene rings is 1. The largest absolute Gasteiger partial charge is 0.463 e. The maximum absolute atomic E-state index is 13.3. The van der Waals surface area contributed by atoms with Crippen LogP contribution in [0.15, 0.2) is 65.4 Å². The molecule has 1 aromatic carbocycles. The van der Waals surface area contributed by atoms with Gasteiger partial charge in [-0.25, -0.2) is 14.5 Å². The van der Waals surface area contributed by atoms with Crippen LogP contribution in [0.25, 0.3) is 22.5 Å². The molecule has 0 saturated heterocycles. The van der Waals surface area contributed by atoms with Crippen molar-refractivity contribution in [3.8, 4) is 17.5 Å². The number of fused-ring (bicyclic) bond motifs is 1. The van der Waals surface area contributed by atoms with E-state index in [1.165, 1.54) is 18.1 Å². The number of hydrogen-bond donors (Lipinski definition) is 0. The average Bonchev–Trinajstić information content (AvgIpc) is 3.54. The molecular formula is C26H25N5O4. The molecule has 1 atom stereocenters. The molecule has 4 rings (SSSR count). The quantitative estimate of drug-likeness (QED) is 0.340. The molecule has 0 fully saturated rings. The zero-order valence-corrected chi connectivity index (χ0v) is 19.7. The number of nitriles is 1. The number of furan rings is 1. The number of nitrogens with zero attached hydrogens (tertiary/aromatic N) is 5. The summed E-state index contributed by atoms with van der Waals surface area (Å²) in [6, 6.07) is 16.1. The van der Waals surface area contributed by atoms with E-state index in [0.717, 1.165) is 0 Å². The molecule has 4 aromatic rings. The van der Waals surface area contributed by atoms with Gasteiger partial charge in [0.05, 0.1) is 35.9 Å². The number of hydrogen-bond acceptors (Lipinski definition) is 7. The van der Waals surface area contributed by atoms with E-state index in [9.17, 15) is 9.59 Å². The molecule has 0 aliphatic carbocycles. The number of anilines is 1. The first-order valence-corrected chi connectivity index (χ1v) is 11.3. The van der Waals surface area contributed by atoms with Gasteiger partial charge < -0.3 is 14.1 Å². The van der Waals surface area contributed by atoms with Crippen LogP contribution in [0.3, 0.4) is 0 Å². The van der Waals surface area contributed by atoms with Crippen molar-refractivity contribution < 1.29 is 18.7 Å². The first-order chi connectivity index (χ1) is 16.9. The molecule has 0 bridgehead atoms. The second kappa shape index (κ2) is 10.2. The summed E-state index contributed by atoms with van der Waals surface area (Å²) in [6.45, 7) is 5.63. The Kier molecular flexibility index (Phi) is 6.92. The third-order valence-corrected chi connectivity index (χ3v) is 5.46. The summed E-state index contributed by atoms with van der Waals surface area (Å²) >= 11 is 0. The standard InChI is InChI=1S/C26H25N5O4/c1-17(2)31-24-21(16-28-31)20(15-22(29-24)23-11-7-14-34-23)26(33)35-18(3)25(32)30(13-8-12-27)19-9-5-4-6-10-19/h4-7,9-11,14-18H,8,13H2,1-3H3. The molecule has 0 spiro atoms. The number of ether oxygens (including phenoxy) is 1. The summed E-state index contributed by atoms with van der Waals surface area (Å²) in [7, 11) is 0. The fraction of sp³-hybridized carbons (Fsp3) is 0.269. The third-order valence-electron chi connectivity index (χ3n) is 5.46. The average molecular weight is 472 g/mol. The minimum atomic E-state index is -1.09. The monoisotopic (exact) mass is 471 g/mol. The Morgan fingerprint density at radius 1 is 1.17 bits per heavy atom. The van der Waals surface area contributed by atoms with Crippen molar-refractivity contribution in [3.05, 3.63) is 66.6 Å². The van der Waals surface area contributed by atoms with Crippen LogP contribution in [0.2, 0.25) is 0 Å². The molecule has 9 nitrogen and oxygen atoms in total. The van der Waals surface area contributed by atoms with Gasteiger partial charge in [0.25, 0.3) is 5.91 Å². The summed E-state index contributed by atoms with van der Waals surface area (Å²) in [6.07, 6.45) is 2.16. The van der Waals surface area contributed by atoms with Crippen LogP contribution in [0.1, 0.15) is 43.6 Å². The van der Waals surface area contributed by atoms with Gasteiger partial charge in [0, 0.05) is 18.3 Å². The van der Waals surface area contributed by atoms with Crippen molar-refractivity contribution in [1.29, 1.82) is 5.26 Å². The predicted molar refractivity (Wildman–Crippen MR) is 130 cm³/mol. The van der Waals surface area contributed by atoms with Gasteiger partial charge in [-0.2, -0.15) is 10.4 Å². The molecule has 0 aliphatic rings. The number of aromatic nitrogens is 3. The van der Waals surface area contributed by atoms with E-state index < -0.39 is 18.0 Å². The van der Waals surface area contributed by atoms with Crippen molar-refractivity contribution in [2.24, 2.45) is 0 Å². The van der Waals surface area contributed by atoms with Crippen LogP contribution in [0, 0.1) is 11.3 Å². The number of para-hydroxylation sites is 1. The van der Waals surface area contributed by atoms with Crippen molar-refractivity contribution in [3.63, 3.8) is 0 Å². The molecule has 1 unspecified atom stereocenters. The zero-order valence-electron chi connectivity index (χ0n) is 19.7. The number of amides is 1. The minimum Gasteiger partial charge on any atom is -0.463 e. The number of carbonyl (C=O) groups is 2. The summed E-state index contributed by atoms with van der Waals surface area (Å²) in [4.78, 5) is 32.6. The number of esters is 1. The van der Waals surface area contributed by atoms with Crippen molar-refractivity contribution in [2.45, 2.75) is 39.3 Å². The molecule has 3 heterocycles. The van der Waals surface area contributed by atoms with Crippen molar-refractivity contribution in [2.75, 3.05) is 11.4 Å². The number of pyridine rings is 1. The van der Waals surface area contributed by atoms with E-state index in [0.29, 0.717) is 28.2 Å². The molecule has 1 amide bonds. The third kappa shape index (κ3) is 4.92. The van der Waals surface area contributed by atoms with Gasteiger partial charge in [-0.1, -0.05) is 18.2 Å². The van der Waals surface area contributed by atoms with E-state index in [-0.39, 0.29) is 24.6 Å². The first kappa shape index (κ1) is 23.7. The van der Waals surface area contributed by atoms with E-state index in [2.05, 4.69) is 16.2 Å². The topological polar surface area (TPSA) is 114 Å². The summed E-state index contributed by atoms with van der Waals surface area (Å²) in [5.41, 5.74) is 1.83. The fourth-order valence-corrected chi connectivity index (χ4v) is 3.75.